The molecular formula is C31H54. The standard InChI is InChI=1S/C31H54/c1-8-23-20-31(7)27-16-15-24-13-9-10-19-30(24,6)26(27)17-18-28(31)29(23)25(22(4)5)14-11-12-21(2)3/h21,23-29H,4,8-20H2,1-3,5-7H3. The molecule has 4 aliphatic rings. The summed E-state index contributed by atoms with van der Waals surface area (Å²) in [6.45, 7) is 19.7. The summed E-state index contributed by atoms with van der Waals surface area (Å²) in [6, 6.07) is 0. The van der Waals surface area contributed by atoms with Gasteiger partial charge < -0.3 is 0 Å². The van der Waals surface area contributed by atoms with Crippen molar-refractivity contribution in [1.82, 2.24) is 0 Å². The van der Waals surface area contributed by atoms with Gasteiger partial charge in [-0.25, -0.2) is 0 Å². The second-order valence-corrected chi connectivity index (χ2v) is 13.7. The summed E-state index contributed by atoms with van der Waals surface area (Å²) in [5, 5.41) is 0. The first kappa shape index (κ1) is 23.9. The fourth-order valence-electron chi connectivity index (χ4n) is 10.2. The summed E-state index contributed by atoms with van der Waals surface area (Å²) >= 11 is 0. The van der Waals surface area contributed by atoms with Crippen molar-refractivity contribution in [1.29, 1.82) is 0 Å². The lowest BCUT2D eigenvalue weighted by molar-refractivity contribution is -0.123. The molecule has 0 heteroatoms. The van der Waals surface area contributed by atoms with Crippen LogP contribution in [0.5, 0.6) is 0 Å². The molecule has 4 aliphatic carbocycles. The third-order valence-corrected chi connectivity index (χ3v) is 11.7. The lowest BCUT2D eigenvalue weighted by atomic mass is 9.43. The average Bonchev–Trinajstić information content (AvgIpc) is 3.02. The molecule has 0 amide bonds. The van der Waals surface area contributed by atoms with Crippen molar-refractivity contribution in [2.24, 2.45) is 58.2 Å². The Kier molecular flexibility index (Phi) is 7.07. The van der Waals surface area contributed by atoms with Crippen LogP contribution >= 0.6 is 0 Å². The minimum atomic E-state index is 0.603. The van der Waals surface area contributed by atoms with E-state index >= 15 is 0 Å². The number of hydrogen-bond donors (Lipinski definition) is 0. The van der Waals surface area contributed by atoms with Crippen molar-refractivity contribution in [3.05, 3.63) is 12.2 Å². The molecule has 0 aromatic heterocycles. The second kappa shape index (κ2) is 9.18. The van der Waals surface area contributed by atoms with Gasteiger partial charge in [0.05, 0.1) is 0 Å². The van der Waals surface area contributed by atoms with Crippen LogP contribution in [0.25, 0.3) is 0 Å². The van der Waals surface area contributed by atoms with Gasteiger partial charge >= 0.3 is 0 Å². The highest BCUT2D eigenvalue weighted by atomic mass is 14.7. The molecule has 0 bridgehead atoms. The van der Waals surface area contributed by atoms with E-state index in [9.17, 15) is 0 Å². The highest BCUT2D eigenvalue weighted by Gasteiger charge is 2.62. The lowest BCUT2D eigenvalue weighted by Crippen LogP contribution is -2.54. The quantitative estimate of drug-likeness (QED) is 0.355. The molecule has 178 valence electrons. The van der Waals surface area contributed by atoms with Crippen molar-refractivity contribution in [3.63, 3.8) is 0 Å². The molecule has 4 saturated carbocycles. The van der Waals surface area contributed by atoms with Gasteiger partial charge in [0.2, 0.25) is 0 Å². The summed E-state index contributed by atoms with van der Waals surface area (Å²) in [5.41, 5.74) is 2.77. The predicted molar refractivity (Wildman–Crippen MR) is 136 cm³/mol. The molecule has 0 radical (unpaired) electrons. The zero-order valence-corrected chi connectivity index (χ0v) is 22.0. The monoisotopic (exact) mass is 426 g/mol. The van der Waals surface area contributed by atoms with Gasteiger partial charge in [0.15, 0.2) is 0 Å². The molecule has 0 aliphatic heterocycles. The van der Waals surface area contributed by atoms with Crippen molar-refractivity contribution in [3.8, 4) is 0 Å². The zero-order chi connectivity index (χ0) is 22.4. The first-order valence-corrected chi connectivity index (χ1v) is 14.4. The van der Waals surface area contributed by atoms with Crippen LogP contribution < -0.4 is 0 Å². The third kappa shape index (κ3) is 4.10. The van der Waals surface area contributed by atoms with E-state index in [0.29, 0.717) is 10.8 Å². The van der Waals surface area contributed by atoms with Gasteiger partial charge in [-0.1, -0.05) is 78.9 Å². The van der Waals surface area contributed by atoms with Crippen LogP contribution in [0.15, 0.2) is 12.2 Å². The van der Waals surface area contributed by atoms with E-state index in [2.05, 4.69) is 48.1 Å². The Bertz CT molecular complexity index is 630. The molecule has 31 heavy (non-hydrogen) atoms. The number of fused-ring (bicyclic) bond motifs is 5. The fourth-order valence-corrected chi connectivity index (χ4v) is 10.2. The summed E-state index contributed by atoms with van der Waals surface area (Å²) in [5.74, 6) is 7.49. The van der Waals surface area contributed by atoms with Gasteiger partial charge in [-0.2, -0.15) is 0 Å². The Hall–Kier alpha value is -0.260. The van der Waals surface area contributed by atoms with Crippen LogP contribution in [0, 0.1) is 58.2 Å². The molecule has 0 spiro atoms. The van der Waals surface area contributed by atoms with E-state index in [4.69, 9.17) is 0 Å². The van der Waals surface area contributed by atoms with E-state index in [1.165, 1.54) is 69.8 Å². The van der Waals surface area contributed by atoms with E-state index in [1.54, 1.807) is 19.3 Å². The first-order chi connectivity index (χ1) is 14.7. The third-order valence-electron chi connectivity index (χ3n) is 11.7. The Balaban J connectivity index is 1.59. The van der Waals surface area contributed by atoms with Gasteiger partial charge in [-0.3, -0.25) is 0 Å². The molecule has 0 nitrogen and oxygen atoms in total. The smallest absolute Gasteiger partial charge is 0.0175 e. The van der Waals surface area contributed by atoms with E-state index in [0.717, 1.165) is 47.3 Å². The Morgan fingerprint density at radius 3 is 2.26 bits per heavy atom. The maximum absolute atomic E-state index is 4.57. The molecule has 4 rings (SSSR count). The van der Waals surface area contributed by atoms with E-state index in [1.807, 2.05) is 0 Å². The van der Waals surface area contributed by atoms with Gasteiger partial charge in [0.1, 0.15) is 0 Å². The maximum atomic E-state index is 4.57. The fraction of sp³-hybridized carbons (Fsp3) is 0.935. The van der Waals surface area contributed by atoms with E-state index in [-0.39, 0.29) is 0 Å². The van der Waals surface area contributed by atoms with E-state index < -0.39 is 0 Å². The molecule has 9 unspecified atom stereocenters. The van der Waals surface area contributed by atoms with Crippen LogP contribution in [0.4, 0.5) is 0 Å². The minimum absolute atomic E-state index is 0.603. The van der Waals surface area contributed by atoms with Crippen LogP contribution in [-0.2, 0) is 0 Å². The largest absolute Gasteiger partial charge is 0.0999 e. The van der Waals surface area contributed by atoms with Gasteiger partial charge in [-0.15, -0.1) is 0 Å². The molecule has 9 atom stereocenters. The minimum Gasteiger partial charge on any atom is -0.0999 e. The SMILES string of the molecule is C=C(C)C(CCCC(C)C)C1C(CC)CC2(C)C1CCC1C2CCC2CCCCC21C. The van der Waals surface area contributed by atoms with Crippen LogP contribution in [0.1, 0.15) is 125 Å². The van der Waals surface area contributed by atoms with Crippen molar-refractivity contribution in [2.75, 3.05) is 0 Å². The summed E-state index contributed by atoms with van der Waals surface area (Å²) in [4.78, 5) is 0. The summed E-state index contributed by atoms with van der Waals surface area (Å²) < 4.78 is 0. The topological polar surface area (TPSA) is 0 Å². The van der Waals surface area contributed by atoms with Crippen molar-refractivity contribution in [2.45, 2.75) is 125 Å². The first-order valence-electron chi connectivity index (χ1n) is 14.4. The highest BCUT2D eigenvalue weighted by molar-refractivity contribution is 5.14. The average molecular weight is 427 g/mol. The number of allylic oxidation sites excluding steroid dienone is 1. The molecule has 0 saturated heterocycles. The Labute approximate surface area is 195 Å². The Morgan fingerprint density at radius 1 is 0.903 bits per heavy atom. The van der Waals surface area contributed by atoms with Gasteiger partial charge in [-0.05, 0) is 116 Å². The second-order valence-electron chi connectivity index (χ2n) is 13.7. The van der Waals surface area contributed by atoms with Gasteiger partial charge in [0, 0.05) is 0 Å². The molecule has 0 aromatic carbocycles. The van der Waals surface area contributed by atoms with Crippen LogP contribution in [0.3, 0.4) is 0 Å². The summed E-state index contributed by atoms with van der Waals surface area (Å²) in [7, 11) is 0. The van der Waals surface area contributed by atoms with Crippen LogP contribution in [0.2, 0.25) is 0 Å². The maximum Gasteiger partial charge on any atom is -0.0175 e. The zero-order valence-electron chi connectivity index (χ0n) is 22.0. The van der Waals surface area contributed by atoms with Crippen LogP contribution in [-0.4, -0.2) is 0 Å². The molecule has 0 aromatic rings. The Morgan fingerprint density at radius 2 is 1.58 bits per heavy atom. The molecule has 4 fully saturated rings. The number of rotatable bonds is 7. The molecular weight excluding hydrogens is 372 g/mol. The molecule has 0 heterocycles. The predicted octanol–water partition coefficient (Wildman–Crippen LogP) is 9.69. The number of hydrogen-bond acceptors (Lipinski definition) is 0. The normalized spacial score (nSPS) is 45.6. The highest BCUT2D eigenvalue weighted by Crippen LogP contribution is 2.70. The van der Waals surface area contributed by atoms with Crippen molar-refractivity contribution >= 4 is 0 Å². The summed E-state index contributed by atoms with van der Waals surface area (Å²) in [6.07, 6.45) is 19.3. The van der Waals surface area contributed by atoms with Gasteiger partial charge in [0.25, 0.3) is 0 Å². The lowest BCUT2D eigenvalue weighted by Gasteiger charge is -2.61. The molecule has 0 N–H and O–H groups in total. The van der Waals surface area contributed by atoms with Crippen molar-refractivity contribution < 1.29 is 0 Å².